The van der Waals surface area contributed by atoms with E-state index in [1.807, 2.05) is 29.5 Å². The highest BCUT2D eigenvalue weighted by atomic mass is 32.1. The van der Waals surface area contributed by atoms with Crippen LogP contribution < -0.4 is 5.32 Å². The maximum atomic E-state index is 12.5. The summed E-state index contributed by atoms with van der Waals surface area (Å²) in [6.45, 7) is 6.76. The number of likely N-dealkylation sites (N-methyl/N-ethyl adjacent to an activating group) is 1. The van der Waals surface area contributed by atoms with Gasteiger partial charge in [0.1, 0.15) is 0 Å². The van der Waals surface area contributed by atoms with Gasteiger partial charge in [0, 0.05) is 19.7 Å². The van der Waals surface area contributed by atoms with Gasteiger partial charge in [-0.2, -0.15) is 11.3 Å². The molecule has 1 aliphatic carbocycles. The van der Waals surface area contributed by atoms with E-state index in [1.54, 1.807) is 11.3 Å². The third kappa shape index (κ3) is 8.89. The van der Waals surface area contributed by atoms with Gasteiger partial charge in [0.25, 0.3) is 0 Å². The number of hydrogen-bond donors (Lipinski definition) is 1. The van der Waals surface area contributed by atoms with Crippen LogP contribution in [-0.2, 0) is 16.0 Å². The van der Waals surface area contributed by atoms with E-state index >= 15 is 0 Å². The number of unbranched alkanes of at least 4 members (excludes halogenated alkanes) is 3. The minimum Gasteiger partial charge on any atom is -0.378 e. The molecule has 0 aromatic carbocycles. The van der Waals surface area contributed by atoms with Gasteiger partial charge in [-0.3, -0.25) is 4.79 Å². The molecule has 0 spiro atoms. The Morgan fingerprint density at radius 1 is 1.25 bits per heavy atom. The van der Waals surface area contributed by atoms with Crippen LogP contribution in [-0.4, -0.2) is 49.7 Å². The van der Waals surface area contributed by atoms with Crippen molar-refractivity contribution in [3.63, 3.8) is 0 Å². The maximum Gasteiger partial charge on any atom is 0.227 e. The number of carbonyl (C=O) groups excluding carboxylic acids is 1. The van der Waals surface area contributed by atoms with Crippen molar-refractivity contribution in [2.24, 2.45) is 0 Å². The minimum absolute atomic E-state index is 0.238. The molecule has 158 valence electrons. The Morgan fingerprint density at radius 2 is 2.04 bits per heavy atom. The molecule has 0 atom stereocenters. The Kier molecular flexibility index (Phi) is 11.5. The van der Waals surface area contributed by atoms with Crippen LogP contribution in [0.3, 0.4) is 0 Å². The van der Waals surface area contributed by atoms with Crippen LogP contribution in [0.1, 0.15) is 63.4 Å². The molecule has 1 aromatic rings. The van der Waals surface area contributed by atoms with Crippen molar-refractivity contribution in [2.45, 2.75) is 76.4 Å². The summed E-state index contributed by atoms with van der Waals surface area (Å²) in [6.07, 6.45) is 13.1. The van der Waals surface area contributed by atoms with Crippen molar-refractivity contribution in [3.05, 3.63) is 35.0 Å². The van der Waals surface area contributed by atoms with Gasteiger partial charge in [-0.1, -0.05) is 18.9 Å². The standard InChI is InChI=1S/C23H38N2O2S/c1-3-4-14-24-15-7-5-6-8-16-27-22-11-9-21(10-12-22)25(2)23(26)18-20-13-17-28-19-20/h3,13,17,19,21-22,24H,1,4-12,14-16,18H2,2H3/t21-,22-. The Morgan fingerprint density at radius 3 is 2.75 bits per heavy atom. The van der Waals surface area contributed by atoms with Crippen molar-refractivity contribution < 1.29 is 9.53 Å². The maximum absolute atomic E-state index is 12.5. The predicted octanol–water partition coefficient (Wildman–Crippen LogP) is 4.80. The normalized spacial score (nSPS) is 19.5. The van der Waals surface area contributed by atoms with E-state index in [9.17, 15) is 4.79 Å². The summed E-state index contributed by atoms with van der Waals surface area (Å²) < 4.78 is 6.09. The fraction of sp³-hybridized carbons (Fsp3) is 0.696. The molecule has 1 aliphatic rings. The summed E-state index contributed by atoms with van der Waals surface area (Å²) in [5.41, 5.74) is 1.13. The summed E-state index contributed by atoms with van der Waals surface area (Å²) in [7, 11) is 1.97. The van der Waals surface area contributed by atoms with Crippen LogP contribution in [0.25, 0.3) is 0 Å². The predicted molar refractivity (Wildman–Crippen MR) is 119 cm³/mol. The molecular weight excluding hydrogens is 368 g/mol. The van der Waals surface area contributed by atoms with Gasteiger partial charge < -0.3 is 15.0 Å². The van der Waals surface area contributed by atoms with E-state index in [0.717, 1.165) is 63.8 Å². The molecule has 2 rings (SSSR count). The molecule has 1 heterocycles. The van der Waals surface area contributed by atoms with E-state index in [-0.39, 0.29) is 5.91 Å². The van der Waals surface area contributed by atoms with Gasteiger partial charge in [-0.05, 0) is 80.4 Å². The highest BCUT2D eigenvalue weighted by molar-refractivity contribution is 7.08. The molecule has 28 heavy (non-hydrogen) atoms. The highest BCUT2D eigenvalue weighted by Crippen LogP contribution is 2.25. The summed E-state index contributed by atoms with van der Waals surface area (Å²) in [5, 5.41) is 7.53. The van der Waals surface area contributed by atoms with Crippen LogP contribution in [0.5, 0.6) is 0 Å². The highest BCUT2D eigenvalue weighted by Gasteiger charge is 2.26. The molecule has 0 radical (unpaired) electrons. The zero-order valence-electron chi connectivity index (χ0n) is 17.5. The lowest BCUT2D eigenvalue weighted by atomic mass is 9.91. The van der Waals surface area contributed by atoms with Crippen molar-refractivity contribution in [1.29, 1.82) is 0 Å². The zero-order chi connectivity index (χ0) is 20.0. The number of nitrogens with zero attached hydrogens (tertiary/aromatic N) is 1. The Labute approximate surface area is 175 Å². The second kappa shape index (κ2) is 13.9. The topological polar surface area (TPSA) is 41.6 Å². The van der Waals surface area contributed by atoms with Crippen LogP contribution >= 0.6 is 11.3 Å². The summed E-state index contributed by atoms with van der Waals surface area (Å²) in [6, 6.07) is 2.42. The summed E-state index contributed by atoms with van der Waals surface area (Å²) in [5.74, 6) is 0.238. The molecule has 1 saturated carbocycles. The molecular formula is C23H38N2O2S. The molecule has 0 unspecified atom stereocenters. The van der Waals surface area contributed by atoms with Gasteiger partial charge in [-0.25, -0.2) is 0 Å². The monoisotopic (exact) mass is 406 g/mol. The van der Waals surface area contributed by atoms with E-state index < -0.39 is 0 Å². The fourth-order valence-corrected chi connectivity index (χ4v) is 4.45. The molecule has 0 aliphatic heterocycles. The lowest BCUT2D eigenvalue weighted by Gasteiger charge is -2.34. The van der Waals surface area contributed by atoms with E-state index in [4.69, 9.17) is 4.74 Å². The summed E-state index contributed by atoms with van der Waals surface area (Å²) in [4.78, 5) is 14.4. The van der Waals surface area contributed by atoms with Gasteiger partial charge in [0.15, 0.2) is 0 Å². The number of rotatable bonds is 14. The number of carbonyl (C=O) groups is 1. The average Bonchev–Trinajstić information content (AvgIpc) is 3.22. The quantitative estimate of drug-likeness (QED) is 0.356. The van der Waals surface area contributed by atoms with Crippen molar-refractivity contribution in [1.82, 2.24) is 10.2 Å². The number of amides is 1. The third-order valence-electron chi connectivity index (χ3n) is 5.65. The second-order valence-electron chi connectivity index (χ2n) is 7.86. The van der Waals surface area contributed by atoms with E-state index in [0.29, 0.717) is 18.6 Å². The second-order valence-corrected chi connectivity index (χ2v) is 8.64. The Bertz CT molecular complexity index is 539. The van der Waals surface area contributed by atoms with Crippen LogP contribution in [0, 0.1) is 0 Å². The summed E-state index contributed by atoms with van der Waals surface area (Å²) >= 11 is 1.65. The van der Waals surface area contributed by atoms with Gasteiger partial charge >= 0.3 is 0 Å². The lowest BCUT2D eigenvalue weighted by Crippen LogP contribution is -2.41. The Hall–Kier alpha value is -1.17. The van der Waals surface area contributed by atoms with Crippen molar-refractivity contribution >= 4 is 17.2 Å². The average molecular weight is 407 g/mol. The van der Waals surface area contributed by atoms with Gasteiger partial charge in [0.05, 0.1) is 12.5 Å². The molecule has 4 nitrogen and oxygen atoms in total. The smallest absolute Gasteiger partial charge is 0.227 e. The van der Waals surface area contributed by atoms with Crippen LogP contribution in [0.4, 0.5) is 0 Å². The molecule has 1 fully saturated rings. The van der Waals surface area contributed by atoms with Gasteiger partial charge in [0.2, 0.25) is 5.91 Å². The van der Waals surface area contributed by atoms with Gasteiger partial charge in [-0.15, -0.1) is 6.58 Å². The first kappa shape index (κ1) is 23.1. The number of ether oxygens (including phenoxy) is 1. The number of nitrogens with one attached hydrogen (secondary N) is 1. The molecule has 0 saturated heterocycles. The minimum atomic E-state index is 0.238. The molecule has 5 heteroatoms. The fourth-order valence-electron chi connectivity index (χ4n) is 3.78. The zero-order valence-corrected chi connectivity index (χ0v) is 18.4. The van der Waals surface area contributed by atoms with Crippen LogP contribution in [0.15, 0.2) is 29.5 Å². The third-order valence-corrected chi connectivity index (χ3v) is 6.38. The van der Waals surface area contributed by atoms with E-state index in [2.05, 4.69) is 17.3 Å². The number of hydrogen-bond acceptors (Lipinski definition) is 4. The largest absolute Gasteiger partial charge is 0.378 e. The molecule has 1 amide bonds. The molecule has 1 N–H and O–H groups in total. The van der Waals surface area contributed by atoms with Crippen LogP contribution in [0.2, 0.25) is 0 Å². The lowest BCUT2D eigenvalue weighted by molar-refractivity contribution is -0.132. The molecule has 0 bridgehead atoms. The van der Waals surface area contributed by atoms with Crippen molar-refractivity contribution in [3.8, 4) is 0 Å². The SMILES string of the molecule is C=CCCNCCCCCCO[C@H]1CC[C@H](N(C)C(=O)Cc2ccsc2)CC1. The molecule has 1 aromatic heterocycles. The number of thiophene rings is 1. The first-order valence-corrected chi connectivity index (χ1v) is 11.8. The Balaban J connectivity index is 1.48. The first-order chi connectivity index (χ1) is 13.7. The van der Waals surface area contributed by atoms with Crippen molar-refractivity contribution in [2.75, 3.05) is 26.7 Å². The first-order valence-electron chi connectivity index (χ1n) is 10.9. The van der Waals surface area contributed by atoms with E-state index in [1.165, 1.54) is 19.3 Å².